The molecule has 1 aromatic rings. The van der Waals surface area contributed by atoms with Crippen LogP contribution < -0.4 is 11.1 Å². The van der Waals surface area contributed by atoms with Gasteiger partial charge in [-0.3, -0.25) is 0 Å². The van der Waals surface area contributed by atoms with Gasteiger partial charge in [0.15, 0.2) is 0 Å². The normalized spacial score (nSPS) is 11.4. The second kappa shape index (κ2) is 7.06. The second-order valence-electron chi connectivity index (χ2n) is 3.62. The van der Waals surface area contributed by atoms with Crippen molar-refractivity contribution < 1.29 is 17.9 Å². The standard InChI is InChI=1S/C11H12BrF3N2OS/c12-7-2-1-3-8(9(7)10(16)19)17-4-5-18-6-11(13,14)15/h1-3,17H,4-6H2,(H2,16,19). The summed E-state index contributed by atoms with van der Waals surface area (Å²) < 4.78 is 40.7. The fourth-order valence-corrected chi connectivity index (χ4v) is 2.30. The molecule has 0 aliphatic rings. The van der Waals surface area contributed by atoms with E-state index in [1.165, 1.54) is 0 Å². The van der Waals surface area contributed by atoms with E-state index in [0.29, 0.717) is 11.3 Å². The number of benzene rings is 1. The molecule has 0 aromatic heterocycles. The Hall–Kier alpha value is -0.860. The van der Waals surface area contributed by atoms with Crippen molar-refractivity contribution in [2.24, 2.45) is 5.73 Å². The smallest absolute Gasteiger partial charge is 0.389 e. The average molecular weight is 357 g/mol. The average Bonchev–Trinajstić information content (AvgIpc) is 2.26. The Bertz CT molecular complexity index is 454. The number of thiocarbonyl (C=S) groups is 1. The number of hydrogen-bond donors (Lipinski definition) is 2. The molecule has 3 nitrogen and oxygen atoms in total. The summed E-state index contributed by atoms with van der Waals surface area (Å²) in [4.78, 5) is 0.200. The van der Waals surface area contributed by atoms with Crippen LogP contribution in [0.4, 0.5) is 18.9 Å². The zero-order valence-corrected chi connectivity index (χ0v) is 12.2. The van der Waals surface area contributed by atoms with Crippen molar-refractivity contribution in [1.29, 1.82) is 0 Å². The van der Waals surface area contributed by atoms with Crippen molar-refractivity contribution in [3.63, 3.8) is 0 Å². The van der Waals surface area contributed by atoms with Crippen LogP contribution in [0.15, 0.2) is 22.7 Å². The maximum absolute atomic E-state index is 11.8. The highest BCUT2D eigenvalue weighted by Gasteiger charge is 2.27. The summed E-state index contributed by atoms with van der Waals surface area (Å²) in [7, 11) is 0. The van der Waals surface area contributed by atoms with Gasteiger partial charge in [-0.15, -0.1) is 0 Å². The number of alkyl halides is 3. The molecule has 0 fully saturated rings. The van der Waals surface area contributed by atoms with E-state index in [4.69, 9.17) is 18.0 Å². The van der Waals surface area contributed by atoms with Gasteiger partial charge in [0.05, 0.1) is 6.61 Å². The Morgan fingerprint density at radius 3 is 2.68 bits per heavy atom. The third-order valence-electron chi connectivity index (χ3n) is 2.09. The van der Waals surface area contributed by atoms with E-state index < -0.39 is 12.8 Å². The molecule has 0 spiro atoms. The molecule has 1 rings (SSSR count). The molecule has 19 heavy (non-hydrogen) atoms. The SMILES string of the molecule is NC(=S)c1c(Br)cccc1NCCOCC(F)(F)F. The lowest BCUT2D eigenvalue weighted by molar-refractivity contribution is -0.172. The van der Waals surface area contributed by atoms with Gasteiger partial charge in [0, 0.05) is 22.3 Å². The van der Waals surface area contributed by atoms with Crippen molar-refractivity contribution in [2.45, 2.75) is 6.18 Å². The summed E-state index contributed by atoms with van der Waals surface area (Å²) in [6.07, 6.45) is -4.31. The first-order valence-electron chi connectivity index (χ1n) is 5.28. The minimum absolute atomic E-state index is 0.0667. The number of hydrogen-bond acceptors (Lipinski definition) is 3. The van der Waals surface area contributed by atoms with E-state index in [0.717, 1.165) is 4.47 Å². The molecule has 0 bridgehead atoms. The summed E-state index contributed by atoms with van der Waals surface area (Å²) in [5, 5.41) is 2.93. The minimum atomic E-state index is -4.31. The predicted octanol–water partition coefficient (Wildman–Crippen LogP) is 3.07. The van der Waals surface area contributed by atoms with E-state index in [2.05, 4.69) is 26.0 Å². The van der Waals surface area contributed by atoms with Crippen molar-refractivity contribution in [3.05, 3.63) is 28.2 Å². The number of halogens is 4. The Balaban J connectivity index is 2.50. The largest absolute Gasteiger partial charge is 0.411 e. The maximum atomic E-state index is 11.8. The number of ether oxygens (including phenoxy) is 1. The highest BCUT2D eigenvalue weighted by Crippen LogP contribution is 2.24. The maximum Gasteiger partial charge on any atom is 0.411 e. The third kappa shape index (κ3) is 5.75. The second-order valence-corrected chi connectivity index (χ2v) is 4.92. The first kappa shape index (κ1) is 16.2. The summed E-state index contributed by atoms with van der Waals surface area (Å²) >= 11 is 8.22. The summed E-state index contributed by atoms with van der Waals surface area (Å²) in [5.74, 6) is 0. The first-order valence-corrected chi connectivity index (χ1v) is 6.48. The van der Waals surface area contributed by atoms with E-state index in [1.807, 2.05) is 0 Å². The van der Waals surface area contributed by atoms with E-state index in [1.54, 1.807) is 18.2 Å². The topological polar surface area (TPSA) is 47.3 Å². The molecular formula is C11H12BrF3N2OS. The highest BCUT2D eigenvalue weighted by atomic mass is 79.9. The molecule has 3 N–H and O–H groups in total. The molecule has 0 heterocycles. The van der Waals surface area contributed by atoms with Crippen molar-refractivity contribution >= 4 is 38.8 Å². The van der Waals surface area contributed by atoms with Crippen LogP contribution in [0.3, 0.4) is 0 Å². The van der Waals surface area contributed by atoms with Crippen molar-refractivity contribution in [1.82, 2.24) is 0 Å². The lowest BCUT2D eigenvalue weighted by Crippen LogP contribution is -2.21. The lowest BCUT2D eigenvalue weighted by Gasteiger charge is -2.13. The van der Waals surface area contributed by atoms with Crippen LogP contribution >= 0.6 is 28.1 Å². The van der Waals surface area contributed by atoms with Gasteiger partial charge in [0.2, 0.25) is 0 Å². The Morgan fingerprint density at radius 1 is 1.42 bits per heavy atom. The molecule has 0 aliphatic carbocycles. The van der Waals surface area contributed by atoms with Gasteiger partial charge in [-0.1, -0.05) is 18.3 Å². The number of nitrogens with two attached hydrogens (primary N) is 1. The molecule has 0 radical (unpaired) electrons. The van der Waals surface area contributed by atoms with Gasteiger partial charge >= 0.3 is 6.18 Å². The molecule has 0 amide bonds. The molecule has 106 valence electrons. The lowest BCUT2D eigenvalue weighted by atomic mass is 10.2. The third-order valence-corrected chi connectivity index (χ3v) is 2.95. The van der Waals surface area contributed by atoms with Crippen LogP contribution in [0.1, 0.15) is 5.56 Å². The fraction of sp³-hybridized carbons (Fsp3) is 0.364. The van der Waals surface area contributed by atoms with Gasteiger partial charge in [-0.25, -0.2) is 0 Å². The van der Waals surface area contributed by atoms with Gasteiger partial charge in [0.1, 0.15) is 11.6 Å². The molecule has 0 atom stereocenters. The van der Waals surface area contributed by atoms with Gasteiger partial charge in [0.25, 0.3) is 0 Å². The van der Waals surface area contributed by atoms with E-state index in [9.17, 15) is 13.2 Å². The summed E-state index contributed by atoms with van der Waals surface area (Å²) in [6.45, 7) is -1.10. The highest BCUT2D eigenvalue weighted by molar-refractivity contribution is 9.10. The number of anilines is 1. The van der Waals surface area contributed by atoms with Gasteiger partial charge in [-0.2, -0.15) is 13.2 Å². The number of rotatable bonds is 6. The molecule has 8 heteroatoms. The van der Waals surface area contributed by atoms with Gasteiger partial charge < -0.3 is 15.8 Å². The van der Waals surface area contributed by atoms with Crippen LogP contribution in [0.5, 0.6) is 0 Å². The summed E-state index contributed by atoms with van der Waals surface area (Å²) in [5.41, 5.74) is 6.85. The number of nitrogens with one attached hydrogen (secondary N) is 1. The van der Waals surface area contributed by atoms with Crippen molar-refractivity contribution in [2.75, 3.05) is 25.1 Å². The zero-order chi connectivity index (χ0) is 14.5. The fourth-order valence-electron chi connectivity index (χ4n) is 1.37. The van der Waals surface area contributed by atoms with Gasteiger partial charge in [-0.05, 0) is 28.1 Å². The monoisotopic (exact) mass is 356 g/mol. The molecule has 0 unspecified atom stereocenters. The van der Waals surface area contributed by atoms with Crippen LogP contribution in [0, 0.1) is 0 Å². The van der Waals surface area contributed by atoms with E-state index in [-0.39, 0.29) is 18.1 Å². The molecule has 0 saturated carbocycles. The summed E-state index contributed by atoms with van der Waals surface area (Å²) in [6, 6.07) is 5.29. The first-order chi connectivity index (χ1) is 8.81. The predicted molar refractivity (Wildman–Crippen MR) is 75.4 cm³/mol. The molecule has 1 aromatic carbocycles. The Kier molecular flexibility index (Phi) is 6.02. The van der Waals surface area contributed by atoms with Crippen LogP contribution in [0.2, 0.25) is 0 Å². The zero-order valence-electron chi connectivity index (χ0n) is 9.76. The molecular weight excluding hydrogens is 345 g/mol. The molecule has 0 saturated heterocycles. The van der Waals surface area contributed by atoms with Crippen LogP contribution in [0.25, 0.3) is 0 Å². The quantitative estimate of drug-likeness (QED) is 0.607. The Morgan fingerprint density at radius 2 is 2.11 bits per heavy atom. The van der Waals surface area contributed by atoms with E-state index >= 15 is 0 Å². The van der Waals surface area contributed by atoms with Crippen LogP contribution in [-0.2, 0) is 4.74 Å². The van der Waals surface area contributed by atoms with Crippen molar-refractivity contribution in [3.8, 4) is 0 Å². The van der Waals surface area contributed by atoms with Crippen LogP contribution in [-0.4, -0.2) is 30.9 Å². The Labute approximate surface area is 122 Å². The molecule has 0 aliphatic heterocycles. The minimum Gasteiger partial charge on any atom is -0.389 e.